The maximum atomic E-state index is 11.6. The van der Waals surface area contributed by atoms with Crippen molar-refractivity contribution < 1.29 is 14.7 Å². The van der Waals surface area contributed by atoms with Crippen molar-refractivity contribution in [1.29, 1.82) is 0 Å². The molecule has 1 heterocycles. The predicted octanol–water partition coefficient (Wildman–Crippen LogP) is 1.54. The first-order chi connectivity index (χ1) is 9.40. The average Bonchev–Trinajstić information content (AvgIpc) is 2.73. The highest BCUT2D eigenvalue weighted by Gasteiger charge is 2.14. The molecule has 6 nitrogen and oxygen atoms in total. The second-order valence-electron chi connectivity index (χ2n) is 4.82. The summed E-state index contributed by atoms with van der Waals surface area (Å²) in [6, 6.07) is 0.422. The molecule has 0 aliphatic carbocycles. The molecular formula is C13H21N3O3S. The van der Waals surface area contributed by atoms with Gasteiger partial charge < -0.3 is 15.7 Å². The monoisotopic (exact) mass is 299 g/mol. The zero-order chi connectivity index (χ0) is 15.1. The fraction of sp³-hybridized carbons (Fsp3) is 0.615. The Morgan fingerprint density at radius 2 is 2.10 bits per heavy atom. The third kappa shape index (κ3) is 5.66. The smallest absolute Gasteiger partial charge is 0.347 e. The predicted molar refractivity (Wildman–Crippen MR) is 78.0 cm³/mol. The summed E-state index contributed by atoms with van der Waals surface area (Å²) in [7, 11) is 0. The highest BCUT2D eigenvalue weighted by atomic mass is 32.1. The topological polar surface area (TPSA) is 91.3 Å². The molecule has 0 atom stereocenters. The van der Waals surface area contributed by atoms with Gasteiger partial charge in [-0.3, -0.25) is 4.79 Å². The lowest BCUT2D eigenvalue weighted by molar-refractivity contribution is -0.121. The zero-order valence-electron chi connectivity index (χ0n) is 12.0. The normalized spacial score (nSPS) is 10.8. The van der Waals surface area contributed by atoms with Crippen LogP contribution in [0.3, 0.4) is 0 Å². The summed E-state index contributed by atoms with van der Waals surface area (Å²) in [5.74, 6) is -1.02. The summed E-state index contributed by atoms with van der Waals surface area (Å²) in [4.78, 5) is 26.9. The second kappa shape index (κ2) is 7.96. The molecule has 0 radical (unpaired) electrons. The summed E-state index contributed by atoms with van der Waals surface area (Å²) < 4.78 is 0. The zero-order valence-corrected chi connectivity index (χ0v) is 12.8. The van der Waals surface area contributed by atoms with Crippen molar-refractivity contribution in [1.82, 2.24) is 15.6 Å². The summed E-state index contributed by atoms with van der Waals surface area (Å²) >= 11 is 1.10. The average molecular weight is 299 g/mol. The molecule has 0 unspecified atom stereocenters. The van der Waals surface area contributed by atoms with E-state index in [0.717, 1.165) is 24.3 Å². The van der Waals surface area contributed by atoms with Gasteiger partial charge in [-0.05, 0) is 19.9 Å². The number of carbonyl (C=O) groups is 2. The van der Waals surface area contributed by atoms with Crippen molar-refractivity contribution in [3.63, 3.8) is 0 Å². The second-order valence-corrected chi connectivity index (χ2v) is 5.90. The van der Waals surface area contributed by atoms with Crippen molar-refractivity contribution in [3.8, 4) is 0 Å². The van der Waals surface area contributed by atoms with Crippen LogP contribution in [-0.4, -0.2) is 34.6 Å². The van der Waals surface area contributed by atoms with E-state index in [9.17, 15) is 9.59 Å². The summed E-state index contributed by atoms with van der Waals surface area (Å²) in [6.07, 6.45) is 1.23. The number of rotatable bonds is 8. The Labute approximate surface area is 122 Å². The lowest BCUT2D eigenvalue weighted by Gasteiger charge is -2.07. The Kier molecular flexibility index (Phi) is 6.60. The molecule has 0 saturated carbocycles. The van der Waals surface area contributed by atoms with E-state index in [1.54, 1.807) is 6.92 Å². The first-order valence-corrected chi connectivity index (χ1v) is 7.41. The van der Waals surface area contributed by atoms with Gasteiger partial charge in [-0.15, -0.1) is 11.3 Å². The highest BCUT2D eigenvalue weighted by molar-refractivity contribution is 7.13. The van der Waals surface area contributed by atoms with E-state index in [4.69, 9.17) is 5.11 Å². The number of aryl methyl sites for hydroxylation is 1. The molecule has 0 aromatic carbocycles. The largest absolute Gasteiger partial charge is 0.477 e. The van der Waals surface area contributed by atoms with Gasteiger partial charge >= 0.3 is 5.97 Å². The molecule has 0 aliphatic rings. The fourth-order valence-corrected chi connectivity index (χ4v) is 2.47. The summed E-state index contributed by atoms with van der Waals surface area (Å²) in [5, 5.41) is 15.5. The Balaban J connectivity index is 2.30. The number of carboxylic acids is 1. The summed E-state index contributed by atoms with van der Waals surface area (Å²) in [6.45, 7) is 6.87. The summed E-state index contributed by atoms with van der Waals surface area (Å²) in [5.41, 5.74) is 0.493. The van der Waals surface area contributed by atoms with Gasteiger partial charge in [0.1, 0.15) is 9.88 Å². The highest BCUT2D eigenvalue weighted by Crippen LogP contribution is 2.17. The minimum atomic E-state index is -0.975. The molecule has 7 heteroatoms. The number of thiazole rings is 1. The third-order valence-electron chi connectivity index (χ3n) is 2.61. The number of nitrogens with one attached hydrogen (secondary N) is 2. The van der Waals surface area contributed by atoms with Crippen LogP contribution < -0.4 is 10.6 Å². The number of carboxylic acid groups (broad SMARTS) is 1. The molecule has 1 rings (SSSR count). The molecule has 20 heavy (non-hydrogen) atoms. The number of amides is 1. The molecule has 0 saturated heterocycles. The minimum absolute atomic E-state index is 0.0414. The van der Waals surface area contributed by atoms with E-state index in [1.165, 1.54) is 0 Å². The molecule has 1 aromatic heterocycles. The maximum absolute atomic E-state index is 11.6. The van der Waals surface area contributed by atoms with Crippen LogP contribution in [0.25, 0.3) is 0 Å². The number of nitrogens with zero attached hydrogens (tertiary/aromatic N) is 1. The van der Waals surface area contributed by atoms with Crippen molar-refractivity contribution in [2.75, 3.05) is 6.54 Å². The molecule has 0 bridgehead atoms. The number of hydrogen-bond acceptors (Lipinski definition) is 5. The Hall–Kier alpha value is -1.47. The lowest BCUT2D eigenvalue weighted by Crippen LogP contribution is -2.27. The molecule has 0 fully saturated rings. The van der Waals surface area contributed by atoms with E-state index >= 15 is 0 Å². The Bertz CT molecular complexity index is 471. The standard InChI is InChI=1S/C13H21N3O3S/c1-8(2)14-6-4-5-10(17)15-7-11-16-9(3)12(20-11)13(18)19/h8,14H,4-7H2,1-3H3,(H,15,17)(H,18,19). The van der Waals surface area contributed by atoms with Crippen LogP contribution in [-0.2, 0) is 11.3 Å². The van der Waals surface area contributed by atoms with E-state index in [0.29, 0.717) is 23.2 Å². The molecule has 112 valence electrons. The number of hydrogen-bond donors (Lipinski definition) is 3. The van der Waals surface area contributed by atoms with E-state index in [2.05, 4.69) is 29.5 Å². The minimum Gasteiger partial charge on any atom is -0.477 e. The van der Waals surface area contributed by atoms with Crippen LogP contribution in [0.2, 0.25) is 0 Å². The van der Waals surface area contributed by atoms with Gasteiger partial charge in [0.05, 0.1) is 12.2 Å². The van der Waals surface area contributed by atoms with Gasteiger partial charge in [0.25, 0.3) is 0 Å². The Morgan fingerprint density at radius 1 is 1.40 bits per heavy atom. The van der Waals surface area contributed by atoms with Crippen LogP contribution >= 0.6 is 11.3 Å². The molecule has 0 aliphatic heterocycles. The van der Waals surface area contributed by atoms with Crippen molar-refractivity contribution >= 4 is 23.2 Å². The first-order valence-electron chi connectivity index (χ1n) is 6.59. The number of aromatic carboxylic acids is 1. The fourth-order valence-electron chi connectivity index (χ4n) is 1.63. The van der Waals surface area contributed by atoms with Crippen molar-refractivity contribution in [2.45, 2.75) is 46.2 Å². The maximum Gasteiger partial charge on any atom is 0.347 e. The van der Waals surface area contributed by atoms with Crippen LogP contribution in [0, 0.1) is 6.92 Å². The van der Waals surface area contributed by atoms with Gasteiger partial charge in [0, 0.05) is 12.5 Å². The first kappa shape index (κ1) is 16.6. The molecular weight excluding hydrogens is 278 g/mol. The van der Waals surface area contributed by atoms with Crippen LogP contribution in [0.1, 0.15) is 47.1 Å². The van der Waals surface area contributed by atoms with Crippen LogP contribution in [0.5, 0.6) is 0 Å². The van der Waals surface area contributed by atoms with Crippen LogP contribution in [0.4, 0.5) is 0 Å². The Morgan fingerprint density at radius 3 is 2.65 bits per heavy atom. The van der Waals surface area contributed by atoms with E-state index in [1.807, 2.05) is 0 Å². The SMILES string of the molecule is Cc1nc(CNC(=O)CCCNC(C)C)sc1C(=O)O. The van der Waals surface area contributed by atoms with E-state index < -0.39 is 5.97 Å². The number of aromatic nitrogens is 1. The lowest BCUT2D eigenvalue weighted by atomic mass is 10.2. The van der Waals surface area contributed by atoms with Gasteiger partial charge in [0.15, 0.2) is 0 Å². The van der Waals surface area contributed by atoms with E-state index in [-0.39, 0.29) is 17.3 Å². The van der Waals surface area contributed by atoms with Gasteiger partial charge in [0.2, 0.25) is 5.91 Å². The van der Waals surface area contributed by atoms with Crippen LogP contribution in [0.15, 0.2) is 0 Å². The van der Waals surface area contributed by atoms with Gasteiger partial charge in [-0.2, -0.15) is 0 Å². The van der Waals surface area contributed by atoms with Gasteiger partial charge in [-0.1, -0.05) is 13.8 Å². The molecule has 1 aromatic rings. The number of carbonyl (C=O) groups excluding carboxylic acids is 1. The molecule has 0 spiro atoms. The van der Waals surface area contributed by atoms with Crippen molar-refractivity contribution in [3.05, 3.63) is 15.6 Å². The third-order valence-corrected chi connectivity index (χ3v) is 3.75. The van der Waals surface area contributed by atoms with Gasteiger partial charge in [-0.25, -0.2) is 9.78 Å². The molecule has 3 N–H and O–H groups in total. The quantitative estimate of drug-likeness (QED) is 0.633. The van der Waals surface area contributed by atoms with Crippen molar-refractivity contribution in [2.24, 2.45) is 0 Å². The molecule has 1 amide bonds.